The summed E-state index contributed by atoms with van der Waals surface area (Å²) in [4.78, 5) is 28.9. The van der Waals surface area contributed by atoms with Gasteiger partial charge in [-0.15, -0.1) is 0 Å². The molecule has 1 amide bonds. The van der Waals surface area contributed by atoms with Gasteiger partial charge in [-0.25, -0.2) is 19.4 Å². The van der Waals surface area contributed by atoms with E-state index in [-0.39, 0.29) is 17.6 Å². The number of aryl methyl sites for hydroxylation is 1. The van der Waals surface area contributed by atoms with E-state index in [4.69, 9.17) is 5.73 Å². The average Bonchev–Trinajstić information content (AvgIpc) is 3.08. The minimum absolute atomic E-state index is 0.0717. The number of hydrogen-bond acceptors (Lipinski definition) is 5. The molecule has 1 atom stereocenters. The van der Waals surface area contributed by atoms with Crippen LogP contribution in [-0.2, 0) is 11.2 Å². The second-order valence-electron chi connectivity index (χ2n) is 7.22. The molecule has 29 heavy (non-hydrogen) atoms. The quantitative estimate of drug-likeness (QED) is 0.518. The summed E-state index contributed by atoms with van der Waals surface area (Å²) in [5.74, 6) is 1.28. The Balaban J connectivity index is 1.44. The Hall–Kier alpha value is -3.03. The van der Waals surface area contributed by atoms with Gasteiger partial charge in [0, 0.05) is 38.8 Å². The van der Waals surface area contributed by atoms with Crippen molar-refractivity contribution in [2.24, 2.45) is 16.6 Å². The molecule has 2 aromatic rings. The van der Waals surface area contributed by atoms with Crippen molar-refractivity contribution in [1.82, 2.24) is 14.9 Å². The van der Waals surface area contributed by atoms with Crippen molar-refractivity contribution in [2.45, 2.75) is 25.7 Å². The van der Waals surface area contributed by atoms with Crippen molar-refractivity contribution >= 4 is 23.9 Å². The lowest BCUT2D eigenvalue weighted by Gasteiger charge is -2.23. The molecule has 0 radical (unpaired) electrons. The van der Waals surface area contributed by atoms with Gasteiger partial charge in [0.15, 0.2) is 5.82 Å². The summed E-state index contributed by atoms with van der Waals surface area (Å²) >= 11 is 0. The second-order valence-corrected chi connectivity index (χ2v) is 7.22. The maximum atomic E-state index is 13.0. The number of aromatic nitrogens is 2. The number of likely N-dealkylation sites (N-methyl/N-ethyl adjacent to an activating group) is 1. The van der Waals surface area contributed by atoms with Crippen LogP contribution in [0, 0.1) is 11.7 Å². The number of rotatable bonds is 9. The van der Waals surface area contributed by atoms with E-state index in [2.05, 4.69) is 15.0 Å². The first-order chi connectivity index (χ1) is 14.1. The van der Waals surface area contributed by atoms with E-state index >= 15 is 0 Å². The zero-order valence-electron chi connectivity index (χ0n) is 16.7. The van der Waals surface area contributed by atoms with Gasteiger partial charge in [-0.3, -0.25) is 4.79 Å². The van der Waals surface area contributed by atoms with Gasteiger partial charge in [-0.05, 0) is 49.4 Å². The molecule has 0 unspecified atom stereocenters. The molecule has 154 valence electrons. The van der Waals surface area contributed by atoms with E-state index in [9.17, 15) is 9.18 Å². The highest BCUT2D eigenvalue weighted by atomic mass is 19.1. The third-order valence-electron chi connectivity index (χ3n) is 5.28. The lowest BCUT2D eigenvalue weighted by atomic mass is 9.98. The number of aliphatic imine (C=N–C) groups is 1. The van der Waals surface area contributed by atoms with Crippen molar-refractivity contribution in [1.29, 1.82) is 0 Å². The normalized spacial score (nSPS) is 16.7. The zero-order chi connectivity index (χ0) is 20.6. The Labute approximate surface area is 170 Å². The number of carbonyl (C=O) groups is 1. The van der Waals surface area contributed by atoms with Gasteiger partial charge in [-0.2, -0.15) is 0 Å². The Bertz CT molecular complexity index is 841. The fourth-order valence-corrected chi connectivity index (χ4v) is 3.62. The number of amides is 1. The van der Waals surface area contributed by atoms with Crippen LogP contribution in [0.3, 0.4) is 0 Å². The van der Waals surface area contributed by atoms with Gasteiger partial charge in [0.05, 0.1) is 12.5 Å². The van der Waals surface area contributed by atoms with Crippen LogP contribution in [-0.4, -0.2) is 53.8 Å². The van der Waals surface area contributed by atoms with E-state index in [1.165, 1.54) is 18.6 Å². The van der Waals surface area contributed by atoms with E-state index in [0.717, 1.165) is 37.8 Å². The number of carbonyl (C=O) groups excluding carboxylic acids is 1. The maximum absolute atomic E-state index is 13.0. The van der Waals surface area contributed by atoms with Crippen LogP contribution in [0.15, 0.2) is 41.7 Å². The van der Waals surface area contributed by atoms with Gasteiger partial charge in [-0.1, -0.05) is 6.07 Å². The summed E-state index contributed by atoms with van der Waals surface area (Å²) in [5, 5.41) is 0. The molecule has 1 aliphatic heterocycles. The molecule has 1 saturated heterocycles. The lowest BCUT2D eigenvalue weighted by Crippen LogP contribution is -2.35. The van der Waals surface area contributed by atoms with E-state index in [1.54, 1.807) is 12.3 Å². The van der Waals surface area contributed by atoms with E-state index in [1.807, 2.05) is 29.0 Å². The van der Waals surface area contributed by atoms with Crippen LogP contribution in [0.4, 0.5) is 16.0 Å². The molecule has 2 N–H and O–H groups in total. The van der Waals surface area contributed by atoms with Gasteiger partial charge in [0.2, 0.25) is 5.91 Å². The number of anilines is 1. The highest BCUT2D eigenvalue weighted by molar-refractivity contribution is 5.80. The third-order valence-corrected chi connectivity index (χ3v) is 5.28. The molecular weight excluding hydrogens is 371 g/mol. The molecule has 0 aromatic carbocycles. The summed E-state index contributed by atoms with van der Waals surface area (Å²) in [6.45, 7) is 2.08. The molecule has 0 bridgehead atoms. The van der Waals surface area contributed by atoms with Crippen molar-refractivity contribution in [3.8, 4) is 0 Å². The summed E-state index contributed by atoms with van der Waals surface area (Å²) < 4.78 is 13.0. The molecule has 0 aliphatic carbocycles. The topological polar surface area (TPSA) is 87.7 Å². The number of hydrogen-bond donors (Lipinski definition) is 1. The molecular formula is C21H27FN6O. The SMILES string of the molecule is CN(CCN1CC[C@H](CCCc2cccnc2/N=C\N)C1=O)c1ccc(F)cn1. The average molecular weight is 398 g/mol. The summed E-state index contributed by atoms with van der Waals surface area (Å²) in [5.41, 5.74) is 6.42. The summed E-state index contributed by atoms with van der Waals surface area (Å²) in [6.07, 6.45) is 7.62. The Kier molecular flexibility index (Phi) is 7.10. The standard InChI is InChI=1S/C21H27FN6O/c1-27(19-8-7-18(22)14-25-19)12-13-28-11-9-17(21(28)29)5-2-4-16-6-3-10-24-20(16)26-15-23/h3,6-8,10,14-15,17H,2,4-5,9,11-13H2,1H3,(H2,23,24,26)/t17-/m0/s1. The molecule has 0 saturated carbocycles. The van der Waals surface area contributed by atoms with Crippen molar-refractivity contribution in [3.05, 3.63) is 48.0 Å². The number of nitrogens with two attached hydrogens (primary N) is 1. The summed E-state index contributed by atoms with van der Waals surface area (Å²) in [6, 6.07) is 6.92. The first-order valence-corrected chi connectivity index (χ1v) is 9.88. The van der Waals surface area contributed by atoms with Crippen molar-refractivity contribution < 1.29 is 9.18 Å². The predicted molar refractivity (Wildman–Crippen MR) is 112 cm³/mol. The molecule has 3 heterocycles. The molecule has 1 aliphatic rings. The van der Waals surface area contributed by atoms with Gasteiger partial charge in [0.1, 0.15) is 11.6 Å². The highest BCUT2D eigenvalue weighted by Crippen LogP contribution is 2.25. The van der Waals surface area contributed by atoms with Crippen LogP contribution in [0.1, 0.15) is 24.8 Å². The number of halogens is 1. The molecule has 2 aromatic heterocycles. The second kappa shape index (κ2) is 9.95. The largest absolute Gasteiger partial charge is 0.390 e. The Morgan fingerprint density at radius 1 is 1.38 bits per heavy atom. The number of likely N-dealkylation sites (tertiary alicyclic amines) is 1. The Morgan fingerprint density at radius 3 is 3.00 bits per heavy atom. The molecule has 0 spiro atoms. The maximum Gasteiger partial charge on any atom is 0.225 e. The minimum atomic E-state index is -0.354. The molecule has 7 nitrogen and oxygen atoms in total. The van der Waals surface area contributed by atoms with Crippen LogP contribution in [0.25, 0.3) is 0 Å². The molecule has 1 fully saturated rings. The monoisotopic (exact) mass is 398 g/mol. The van der Waals surface area contributed by atoms with Gasteiger partial charge < -0.3 is 15.5 Å². The fourth-order valence-electron chi connectivity index (χ4n) is 3.62. The first kappa shape index (κ1) is 20.7. The zero-order valence-corrected chi connectivity index (χ0v) is 16.7. The molecule has 8 heteroatoms. The molecule has 3 rings (SSSR count). The number of pyridine rings is 2. The van der Waals surface area contributed by atoms with E-state index in [0.29, 0.717) is 24.7 Å². The lowest BCUT2D eigenvalue weighted by molar-refractivity contribution is -0.131. The van der Waals surface area contributed by atoms with Crippen molar-refractivity contribution in [2.75, 3.05) is 31.6 Å². The van der Waals surface area contributed by atoms with Gasteiger partial charge >= 0.3 is 0 Å². The Morgan fingerprint density at radius 2 is 2.24 bits per heavy atom. The van der Waals surface area contributed by atoms with Crippen LogP contribution >= 0.6 is 0 Å². The van der Waals surface area contributed by atoms with Crippen LogP contribution in [0.5, 0.6) is 0 Å². The van der Waals surface area contributed by atoms with Crippen molar-refractivity contribution in [3.63, 3.8) is 0 Å². The summed E-state index contributed by atoms with van der Waals surface area (Å²) in [7, 11) is 1.90. The van der Waals surface area contributed by atoms with Crippen LogP contribution < -0.4 is 10.6 Å². The fraction of sp³-hybridized carbons (Fsp3) is 0.429. The van der Waals surface area contributed by atoms with Gasteiger partial charge in [0.25, 0.3) is 0 Å². The predicted octanol–water partition coefficient (Wildman–Crippen LogP) is 2.54. The number of nitrogens with zero attached hydrogens (tertiary/aromatic N) is 5. The first-order valence-electron chi connectivity index (χ1n) is 9.88. The van der Waals surface area contributed by atoms with Crippen LogP contribution in [0.2, 0.25) is 0 Å². The smallest absolute Gasteiger partial charge is 0.225 e. The third kappa shape index (κ3) is 5.49. The van der Waals surface area contributed by atoms with E-state index < -0.39 is 0 Å². The highest BCUT2D eigenvalue weighted by Gasteiger charge is 2.30. The minimum Gasteiger partial charge on any atom is -0.390 e.